The number of hydrogen-bond acceptors (Lipinski definition) is 2. The van der Waals surface area contributed by atoms with Crippen LogP contribution in [0.3, 0.4) is 0 Å². The summed E-state index contributed by atoms with van der Waals surface area (Å²) in [6.07, 6.45) is 4.89. The van der Waals surface area contributed by atoms with Crippen molar-refractivity contribution in [2.24, 2.45) is 0 Å². The summed E-state index contributed by atoms with van der Waals surface area (Å²) in [6, 6.07) is 4.08. The molecule has 1 aliphatic heterocycles. The second-order valence-electron chi connectivity index (χ2n) is 3.87. The first-order valence-corrected chi connectivity index (χ1v) is 5.36. The molecule has 1 fully saturated rings. The van der Waals surface area contributed by atoms with Crippen LogP contribution in [0.5, 0.6) is 0 Å². The van der Waals surface area contributed by atoms with E-state index in [-0.39, 0.29) is 6.10 Å². The van der Waals surface area contributed by atoms with Crippen LogP contribution in [0.15, 0.2) is 18.3 Å². The number of hydrogen-bond donors (Lipinski definition) is 2. The Balaban J connectivity index is 1.84. The number of aromatic amines is 1. The molecule has 78 valence electrons. The molecule has 0 radical (unpaired) electrons. The monoisotopic (exact) mass is 194 g/mol. The maximum atomic E-state index is 5.94. The standard InChI is InChI=1S/C11H18N2O/c1-9(11-5-3-7-13-11)14-10-4-2-6-12-8-10/h3,5,7,9-10,12-13H,2,4,6,8H2,1H3/t9-,10-/m0/s1. The highest BCUT2D eigenvalue weighted by atomic mass is 16.5. The number of rotatable bonds is 3. The van der Waals surface area contributed by atoms with Crippen LogP contribution in [0.25, 0.3) is 0 Å². The number of piperidine rings is 1. The first kappa shape index (κ1) is 9.74. The lowest BCUT2D eigenvalue weighted by molar-refractivity contribution is -0.0167. The summed E-state index contributed by atoms with van der Waals surface area (Å²) in [5.74, 6) is 0. The molecule has 2 N–H and O–H groups in total. The summed E-state index contributed by atoms with van der Waals surface area (Å²) in [7, 11) is 0. The van der Waals surface area contributed by atoms with E-state index in [1.165, 1.54) is 12.8 Å². The van der Waals surface area contributed by atoms with Gasteiger partial charge in [0.05, 0.1) is 12.2 Å². The van der Waals surface area contributed by atoms with Gasteiger partial charge in [-0.05, 0) is 38.4 Å². The highest BCUT2D eigenvalue weighted by molar-refractivity contribution is 5.06. The predicted octanol–water partition coefficient (Wildman–Crippen LogP) is 1.84. The number of H-pyrrole nitrogens is 1. The lowest BCUT2D eigenvalue weighted by atomic mass is 10.1. The van der Waals surface area contributed by atoms with Crippen molar-refractivity contribution in [1.29, 1.82) is 0 Å². The van der Waals surface area contributed by atoms with Gasteiger partial charge in [0.2, 0.25) is 0 Å². The van der Waals surface area contributed by atoms with Crippen molar-refractivity contribution in [2.45, 2.75) is 32.0 Å². The van der Waals surface area contributed by atoms with Gasteiger partial charge in [0.25, 0.3) is 0 Å². The Morgan fingerprint density at radius 1 is 1.57 bits per heavy atom. The quantitative estimate of drug-likeness (QED) is 0.770. The molecule has 0 aromatic carbocycles. The third kappa shape index (κ3) is 2.36. The van der Waals surface area contributed by atoms with Crippen molar-refractivity contribution < 1.29 is 4.74 Å². The Morgan fingerprint density at radius 3 is 3.14 bits per heavy atom. The molecule has 14 heavy (non-hydrogen) atoms. The smallest absolute Gasteiger partial charge is 0.0948 e. The van der Waals surface area contributed by atoms with Crippen LogP contribution < -0.4 is 5.32 Å². The van der Waals surface area contributed by atoms with E-state index in [4.69, 9.17) is 4.74 Å². The average molecular weight is 194 g/mol. The highest BCUT2D eigenvalue weighted by Crippen LogP contribution is 2.19. The average Bonchev–Trinajstić information content (AvgIpc) is 2.72. The van der Waals surface area contributed by atoms with Crippen molar-refractivity contribution in [3.63, 3.8) is 0 Å². The summed E-state index contributed by atoms with van der Waals surface area (Å²) in [5, 5.41) is 3.35. The zero-order valence-corrected chi connectivity index (χ0v) is 8.62. The maximum Gasteiger partial charge on any atom is 0.0948 e. The van der Waals surface area contributed by atoms with Gasteiger partial charge in [-0.3, -0.25) is 0 Å². The minimum absolute atomic E-state index is 0.176. The van der Waals surface area contributed by atoms with Crippen LogP contribution >= 0.6 is 0 Å². The summed E-state index contributed by atoms with van der Waals surface area (Å²) in [6.45, 7) is 4.22. The molecule has 0 unspecified atom stereocenters. The highest BCUT2D eigenvalue weighted by Gasteiger charge is 2.17. The molecule has 2 heterocycles. The van der Waals surface area contributed by atoms with E-state index in [1.807, 2.05) is 12.3 Å². The van der Waals surface area contributed by atoms with Gasteiger partial charge in [-0.15, -0.1) is 0 Å². The zero-order chi connectivity index (χ0) is 9.80. The normalized spacial score (nSPS) is 24.8. The van der Waals surface area contributed by atoms with Crippen LogP contribution in [0.4, 0.5) is 0 Å². The lowest BCUT2D eigenvalue weighted by Crippen LogP contribution is -2.35. The number of aromatic nitrogens is 1. The van der Waals surface area contributed by atoms with Gasteiger partial charge in [-0.1, -0.05) is 0 Å². The third-order valence-corrected chi connectivity index (χ3v) is 2.71. The van der Waals surface area contributed by atoms with Gasteiger partial charge < -0.3 is 15.0 Å². The lowest BCUT2D eigenvalue weighted by Gasteiger charge is -2.26. The molecule has 1 aromatic heterocycles. The Hall–Kier alpha value is -0.800. The van der Waals surface area contributed by atoms with Crippen molar-refractivity contribution in [3.8, 4) is 0 Å². The van der Waals surface area contributed by atoms with Crippen molar-refractivity contribution in [3.05, 3.63) is 24.0 Å². The van der Waals surface area contributed by atoms with Crippen LogP contribution in [0, 0.1) is 0 Å². The third-order valence-electron chi connectivity index (χ3n) is 2.71. The van der Waals surface area contributed by atoms with Gasteiger partial charge in [0.1, 0.15) is 0 Å². The Labute approximate surface area is 84.9 Å². The minimum Gasteiger partial charge on any atom is -0.368 e. The van der Waals surface area contributed by atoms with Gasteiger partial charge in [-0.25, -0.2) is 0 Å². The van der Waals surface area contributed by atoms with Crippen molar-refractivity contribution in [2.75, 3.05) is 13.1 Å². The largest absolute Gasteiger partial charge is 0.368 e. The van der Waals surface area contributed by atoms with E-state index < -0.39 is 0 Å². The molecule has 1 aromatic rings. The molecule has 3 nitrogen and oxygen atoms in total. The molecule has 0 amide bonds. The van der Waals surface area contributed by atoms with Gasteiger partial charge in [-0.2, -0.15) is 0 Å². The number of nitrogens with one attached hydrogen (secondary N) is 2. The second kappa shape index (κ2) is 4.62. The van der Waals surface area contributed by atoms with Crippen LogP contribution in [-0.2, 0) is 4.74 Å². The minimum atomic E-state index is 0.176. The molecule has 2 rings (SSSR count). The molecular formula is C11H18N2O. The molecule has 0 bridgehead atoms. The molecule has 2 atom stereocenters. The van der Waals surface area contributed by atoms with Crippen LogP contribution in [-0.4, -0.2) is 24.2 Å². The summed E-state index contributed by atoms with van der Waals surface area (Å²) >= 11 is 0. The topological polar surface area (TPSA) is 37.0 Å². The van der Waals surface area contributed by atoms with Gasteiger partial charge in [0.15, 0.2) is 0 Å². The Morgan fingerprint density at radius 2 is 2.50 bits per heavy atom. The van der Waals surface area contributed by atoms with Crippen LogP contribution in [0.1, 0.15) is 31.6 Å². The van der Waals surface area contributed by atoms with E-state index >= 15 is 0 Å². The Bertz CT molecular complexity index is 252. The SMILES string of the molecule is C[C@H](O[C@H]1CCCNC1)c1ccc[nH]1. The van der Waals surface area contributed by atoms with Crippen LogP contribution in [0.2, 0.25) is 0 Å². The summed E-state index contributed by atoms with van der Waals surface area (Å²) in [5.41, 5.74) is 1.16. The first-order chi connectivity index (χ1) is 6.86. The molecule has 1 aliphatic rings. The van der Waals surface area contributed by atoms with E-state index in [9.17, 15) is 0 Å². The van der Waals surface area contributed by atoms with Crippen molar-refractivity contribution >= 4 is 0 Å². The van der Waals surface area contributed by atoms with E-state index in [2.05, 4.69) is 23.3 Å². The maximum absolute atomic E-state index is 5.94. The molecule has 0 saturated carbocycles. The molecule has 0 aliphatic carbocycles. The summed E-state index contributed by atoms with van der Waals surface area (Å²) < 4.78 is 5.94. The molecule has 1 saturated heterocycles. The fourth-order valence-electron chi connectivity index (χ4n) is 1.90. The van der Waals surface area contributed by atoms with E-state index in [0.29, 0.717) is 6.10 Å². The molecule has 0 spiro atoms. The first-order valence-electron chi connectivity index (χ1n) is 5.36. The van der Waals surface area contributed by atoms with Gasteiger partial charge in [0, 0.05) is 18.4 Å². The van der Waals surface area contributed by atoms with E-state index in [0.717, 1.165) is 18.8 Å². The molecule has 3 heteroatoms. The molecular weight excluding hydrogens is 176 g/mol. The predicted molar refractivity (Wildman–Crippen MR) is 56.2 cm³/mol. The van der Waals surface area contributed by atoms with E-state index in [1.54, 1.807) is 0 Å². The Kier molecular flexibility index (Phi) is 3.22. The van der Waals surface area contributed by atoms with Crippen molar-refractivity contribution in [1.82, 2.24) is 10.3 Å². The fourth-order valence-corrected chi connectivity index (χ4v) is 1.90. The second-order valence-corrected chi connectivity index (χ2v) is 3.87. The summed E-state index contributed by atoms with van der Waals surface area (Å²) in [4.78, 5) is 3.18. The number of ether oxygens (including phenoxy) is 1. The van der Waals surface area contributed by atoms with Gasteiger partial charge >= 0.3 is 0 Å². The zero-order valence-electron chi connectivity index (χ0n) is 8.62. The fraction of sp³-hybridized carbons (Fsp3) is 0.636.